The van der Waals surface area contributed by atoms with Gasteiger partial charge in [-0.05, 0) is 17.7 Å². The van der Waals surface area contributed by atoms with Gasteiger partial charge in [0.2, 0.25) is 0 Å². The average molecular weight is 310 g/mol. The topological polar surface area (TPSA) is 101 Å². The first-order chi connectivity index (χ1) is 11.1. The molecule has 0 fully saturated rings. The van der Waals surface area contributed by atoms with Crippen LogP contribution in [0.5, 0.6) is 5.75 Å². The van der Waals surface area contributed by atoms with E-state index in [1.165, 1.54) is 18.3 Å². The number of carbonyl (C=O) groups excluding carboxylic acids is 1. The van der Waals surface area contributed by atoms with Crippen LogP contribution in [0.2, 0.25) is 0 Å². The van der Waals surface area contributed by atoms with Gasteiger partial charge < -0.3 is 5.11 Å². The van der Waals surface area contributed by atoms with Crippen LogP contribution in [0.25, 0.3) is 5.65 Å². The maximum atomic E-state index is 12.4. The summed E-state index contributed by atoms with van der Waals surface area (Å²) in [5.41, 5.74) is 0.182. The van der Waals surface area contributed by atoms with Gasteiger partial charge in [0, 0.05) is 12.4 Å². The number of nitrogens with zero attached hydrogens (tertiary/aromatic N) is 3. The zero-order chi connectivity index (χ0) is 16.4. The molecule has 0 radical (unpaired) electrons. The molecule has 0 aliphatic rings. The third-order valence-corrected chi connectivity index (χ3v) is 3.40. The molecule has 116 valence electrons. The molecule has 7 heteroatoms. The summed E-state index contributed by atoms with van der Waals surface area (Å²) in [5.74, 6) is 5.01. The van der Waals surface area contributed by atoms with E-state index in [2.05, 4.69) is 4.98 Å². The molecule has 3 aromatic rings. The van der Waals surface area contributed by atoms with Gasteiger partial charge in [0.15, 0.2) is 11.4 Å². The zero-order valence-electron chi connectivity index (χ0n) is 12.1. The number of amides is 1. The lowest BCUT2D eigenvalue weighted by molar-refractivity contribution is 0.0740. The van der Waals surface area contributed by atoms with Crippen LogP contribution in [0.1, 0.15) is 15.9 Å². The van der Waals surface area contributed by atoms with Gasteiger partial charge in [-0.3, -0.25) is 19.0 Å². The number of benzene rings is 1. The molecular weight excluding hydrogens is 296 g/mol. The van der Waals surface area contributed by atoms with Crippen molar-refractivity contribution >= 4 is 11.6 Å². The lowest BCUT2D eigenvalue weighted by Gasteiger charge is -2.16. The molecule has 3 rings (SSSR count). The van der Waals surface area contributed by atoms with E-state index in [9.17, 15) is 14.7 Å². The summed E-state index contributed by atoms with van der Waals surface area (Å²) in [4.78, 5) is 28.7. The van der Waals surface area contributed by atoms with Gasteiger partial charge in [0.25, 0.3) is 11.5 Å². The molecule has 0 spiro atoms. The van der Waals surface area contributed by atoms with Crippen molar-refractivity contribution in [1.29, 1.82) is 0 Å². The van der Waals surface area contributed by atoms with E-state index in [1.807, 2.05) is 30.3 Å². The first kappa shape index (κ1) is 14.7. The minimum atomic E-state index is -0.635. The number of hydrazine groups is 1. The molecular formula is C16H14N4O3. The maximum Gasteiger partial charge on any atom is 0.275 e. The fourth-order valence-corrected chi connectivity index (χ4v) is 2.25. The van der Waals surface area contributed by atoms with Crippen LogP contribution in [0.4, 0.5) is 0 Å². The number of carbonyl (C=O) groups is 1. The molecule has 0 atom stereocenters. The van der Waals surface area contributed by atoms with E-state index in [0.29, 0.717) is 0 Å². The highest BCUT2D eigenvalue weighted by Gasteiger charge is 2.19. The molecule has 2 heterocycles. The molecule has 0 saturated heterocycles. The Balaban J connectivity index is 1.95. The van der Waals surface area contributed by atoms with Crippen molar-refractivity contribution in [2.45, 2.75) is 6.54 Å². The lowest BCUT2D eigenvalue weighted by Crippen LogP contribution is -2.40. The molecule has 1 aromatic carbocycles. The van der Waals surface area contributed by atoms with E-state index in [1.54, 1.807) is 0 Å². The molecule has 3 N–H and O–H groups in total. The number of hydrogen-bond donors (Lipinski definition) is 2. The summed E-state index contributed by atoms with van der Waals surface area (Å²) < 4.78 is 1.11. The van der Waals surface area contributed by atoms with Crippen LogP contribution in [0, 0.1) is 0 Å². The Hall–Kier alpha value is -3.19. The highest BCUT2D eigenvalue weighted by atomic mass is 16.3. The predicted molar refractivity (Wildman–Crippen MR) is 83.6 cm³/mol. The summed E-state index contributed by atoms with van der Waals surface area (Å²) in [6, 6.07) is 12.1. The van der Waals surface area contributed by atoms with Crippen LogP contribution in [0.15, 0.2) is 59.7 Å². The minimum Gasteiger partial charge on any atom is -0.504 e. The Morgan fingerprint density at radius 3 is 2.70 bits per heavy atom. The lowest BCUT2D eigenvalue weighted by atomic mass is 10.2. The van der Waals surface area contributed by atoms with Crippen LogP contribution in [-0.2, 0) is 6.54 Å². The first-order valence-electron chi connectivity index (χ1n) is 6.88. The molecule has 0 bridgehead atoms. The highest BCUT2D eigenvalue weighted by Crippen LogP contribution is 2.13. The largest absolute Gasteiger partial charge is 0.504 e. The smallest absolute Gasteiger partial charge is 0.275 e. The van der Waals surface area contributed by atoms with E-state index in [-0.39, 0.29) is 23.5 Å². The third kappa shape index (κ3) is 2.77. The van der Waals surface area contributed by atoms with Crippen LogP contribution in [0.3, 0.4) is 0 Å². The summed E-state index contributed by atoms with van der Waals surface area (Å²) in [7, 11) is 0. The molecule has 0 unspecified atom stereocenters. The van der Waals surface area contributed by atoms with E-state index in [0.717, 1.165) is 21.2 Å². The van der Waals surface area contributed by atoms with Gasteiger partial charge in [-0.25, -0.2) is 10.8 Å². The van der Waals surface area contributed by atoms with Gasteiger partial charge >= 0.3 is 0 Å². The number of hydrogen-bond acceptors (Lipinski definition) is 5. The molecule has 1 amide bonds. The van der Waals surface area contributed by atoms with E-state index in [4.69, 9.17) is 5.84 Å². The average Bonchev–Trinajstić information content (AvgIpc) is 2.56. The van der Waals surface area contributed by atoms with Crippen LogP contribution >= 0.6 is 0 Å². The number of fused-ring (bicyclic) bond motifs is 1. The summed E-state index contributed by atoms with van der Waals surface area (Å²) in [6.45, 7) is 0.169. The predicted octanol–water partition coefficient (Wildman–Crippen LogP) is 0.916. The van der Waals surface area contributed by atoms with Gasteiger partial charge in [0.1, 0.15) is 5.56 Å². The summed E-state index contributed by atoms with van der Waals surface area (Å²) in [6.07, 6.45) is 2.56. The van der Waals surface area contributed by atoms with Crippen molar-refractivity contribution in [3.63, 3.8) is 0 Å². The standard InChI is InChI=1S/C16H14N4O3/c17-20(10-11-5-2-1-3-6-11)16(23)12-9-18-14-13(21)7-4-8-19(14)15(12)22/h1-9,21H,10,17H2. The van der Waals surface area contributed by atoms with Crippen molar-refractivity contribution in [2.24, 2.45) is 5.84 Å². The third-order valence-electron chi connectivity index (χ3n) is 3.40. The van der Waals surface area contributed by atoms with Crippen LogP contribution in [-0.4, -0.2) is 25.4 Å². The number of aromatic hydroxyl groups is 1. The fourth-order valence-electron chi connectivity index (χ4n) is 2.25. The van der Waals surface area contributed by atoms with Crippen molar-refractivity contribution in [2.75, 3.05) is 0 Å². The number of rotatable bonds is 3. The Morgan fingerprint density at radius 1 is 1.22 bits per heavy atom. The molecule has 23 heavy (non-hydrogen) atoms. The second kappa shape index (κ2) is 5.90. The number of aromatic nitrogens is 2. The van der Waals surface area contributed by atoms with Gasteiger partial charge in [-0.15, -0.1) is 0 Å². The molecule has 2 aromatic heterocycles. The van der Waals surface area contributed by atoms with Gasteiger partial charge in [0.05, 0.1) is 6.54 Å². The zero-order valence-corrected chi connectivity index (χ0v) is 12.1. The van der Waals surface area contributed by atoms with E-state index >= 15 is 0 Å². The Labute approximate surface area is 131 Å². The van der Waals surface area contributed by atoms with Crippen molar-refractivity contribution < 1.29 is 9.90 Å². The second-order valence-electron chi connectivity index (χ2n) is 4.98. The Morgan fingerprint density at radius 2 is 1.96 bits per heavy atom. The monoisotopic (exact) mass is 310 g/mol. The fraction of sp³-hybridized carbons (Fsp3) is 0.0625. The van der Waals surface area contributed by atoms with Crippen molar-refractivity contribution in [3.8, 4) is 5.75 Å². The number of nitrogens with two attached hydrogens (primary N) is 1. The van der Waals surface area contributed by atoms with Gasteiger partial charge in [-0.2, -0.15) is 0 Å². The summed E-state index contributed by atoms with van der Waals surface area (Å²) in [5, 5.41) is 10.6. The molecule has 7 nitrogen and oxygen atoms in total. The Kier molecular flexibility index (Phi) is 3.78. The van der Waals surface area contributed by atoms with Crippen molar-refractivity contribution in [3.05, 3.63) is 76.3 Å². The summed E-state index contributed by atoms with van der Waals surface area (Å²) >= 11 is 0. The normalized spacial score (nSPS) is 10.7. The minimum absolute atomic E-state index is 0.0840. The second-order valence-corrected chi connectivity index (χ2v) is 4.98. The first-order valence-corrected chi connectivity index (χ1v) is 6.88. The van der Waals surface area contributed by atoms with Crippen molar-refractivity contribution in [1.82, 2.24) is 14.4 Å². The highest BCUT2D eigenvalue weighted by molar-refractivity contribution is 5.93. The molecule has 0 aliphatic carbocycles. The quantitative estimate of drug-likeness (QED) is 0.425. The van der Waals surface area contributed by atoms with Gasteiger partial charge in [-0.1, -0.05) is 30.3 Å². The molecule has 0 saturated carbocycles. The Bertz CT molecular complexity index is 922. The number of pyridine rings is 1. The van der Waals surface area contributed by atoms with E-state index < -0.39 is 11.5 Å². The SMILES string of the molecule is NN(Cc1ccccc1)C(=O)c1cnc2c(O)cccn2c1=O. The maximum absolute atomic E-state index is 12.4. The molecule has 0 aliphatic heterocycles. The van der Waals surface area contributed by atoms with Crippen LogP contribution < -0.4 is 11.4 Å².